The molecule has 3 heterocycles. The minimum Gasteiger partial charge on any atom is -0.353 e. The van der Waals surface area contributed by atoms with Crippen molar-refractivity contribution < 1.29 is 8.78 Å². The monoisotopic (exact) mass is 399 g/mol. The maximum Gasteiger partial charge on any atom is 0.123 e. The first-order valence-corrected chi connectivity index (χ1v) is 10.2. The summed E-state index contributed by atoms with van der Waals surface area (Å²) in [6.07, 6.45) is 2.45. The fraction of sp³-hybridized carbons (Fsp3) is 0.200. The number of fused-ring (bicyclic) bond motifs is 6. The molecular formula is C25H19F2N3. The Hall–Kier alpha value is -3.36. The van der Waals surface area contributed by atoms with Gasteiger partial charge in [-0.3, -0.25) is 4.90 Å². The Labute approximate surface area is 171 Å². The highest BCUT2D eigenvalue weighted by molar-refractivity contribution is 6.20. The Morgan fingerprint density at radius 1 is 0.767 bits per heavy atom. The zero-order valence-electron chi connectivity index (χ0n) is 16.3. The van der Waals surface area contributed by atoms with Gasteiger partial charge >= 0.3 is 0 Å². The Morgan fingerprint density at radius 3 is 1.90 bits per heavy atom. The van der Waals surface area contributed by atoms with E-state index in [9.17, 15) is 8.78 Å². The van der Waals surface area contributed by atoms with Crippen molar-refractivity contribution in [3.05, 3.63) is 59.7 Å². The van der Waals surface area contributed by atoms with Crippen molar-refractivity contribution in [3.8, 4) is 11.8 Å². The third-order valence-electron chi connectivity index (χ3n) is 6.10. The van der Waals surface area contributed by atoms with Gasteiger partial charge < -0.3 is 9.97 Å². The van der Waals surface area contributed by atoms with Crippen LogP contribution < -0.4 is 0 Å². The molecule has 148 valence electrons. The van der Waals surface area contributed by atoms with E-state index in [2.05, 4.69) is 26.7 Å². The van der Waals surface area contributed by atoms with Crippen LogP contribution in [0.1, 0.15) is 18.4 Å². The van der Waals surface area contributed by atoms with Gasteiger partial charge in [-0.2, -0.15) is 0 Å². The number of hydrogen-bond acceptors (Lipinski definition) is 1. The van der Waals surface area contributed by atoms with Crippen molar-refractivity contribution in [2.24, 2.45) is 0 Å². The molecular weight excluding hydrogens is 380 g/mol. The number of aromatic nitrogens is 2. The number of likely N-dealkylation sites (tertiary alicyclic amines) is 1. The topological polar surface area (TPSA) is 34.8 Å². The number of halogens is 2. The molecule has 0 aliphatic carbocycles. The summed E-state index contributed by atoms with van der Waals surface area (Å²) in [4.78, 5) is 9.20. The van der Waals surface area contributed by atoms with Crippen LogP contribution in [-0.4, -0.2) is 34.5 Å². The molecule has 0 amide bonds. The van der Waals surface area contributed by atoms with Crippen LogP contribution in [0.25, 0.3) is 43.6 Å². The van der Waals surface area contributed by atoms with Gasteiger partial charge in [-0.25, -0.2) is 8.78 Å². The molecule has 0 saturated carbocycles. The van der Waals surface area contributed by atoms with Crippen molar-refractivity contribution >= 4 is 43.6 Å². The molecule has 5 aromatic rings. The van der Waals surface area contributed by atoms with Crippen LogP contribution >= 0.6 is 0 Å². The average Bonchev–Trinajstić information content (AvgIpc) is 3.45. The predicted molar refractivity (Wildman–Crippen MR) is 118 cm³/mol. The van der Waals surface area contributed by atoms with Crippen molar-refractivity contribution in [2.75, 3.05) is 19.6 Å². The van der Waals surface area contributed by atoms with Crippen LogP contribution in [0.15, 0.2) is 42.5 Å². The highest BCUT2D eigenvalue weighted by Crippen LogP contribution is 2.36. The molecule has 2 aromatic heterocycles. The first-order chi connectivity index (χ1) is 14.7. The van der Waals surface area contributed by atoms with Crippen LogP contribution in [0.3, 0.4) is 0 Å². The van der Waals surface area contributed by atoms with E-state index in [0.717, 1.165) is 68.8 Å². The summed E-state index contributed by atoms with van der Waals surface area (Å²) in [5.74, 6) is 6.13. The fourth-order valence-corrected chi connectivity index (χ4v) is 4.64. The standard InChI is InChI=1S/C25H19F2N3/c26-15-5-7-22-18(12-15)20-14-21-19-13-16(27)6-8-23(19)29-25(21)17(24(20)28-22)4-3-11-30-9-1-2-10-30/h5-8,12-14,28-29H,1-2,9-11H2. The Bertz CT molecular complexity index is 1410. The van der Waals surface area contributed by atoms with Gasteiger partial charge in [-0.1, -0.05) is 11.8 Å². The van der Waals surface area contributed by atoms with Crippen molar-refractivity contribution in [1.82, 2.24) is 14.9 Å². The summed E-state index contributed by atoms with van der Waals surface area (Å²) < 4.78 is 27.9. The van der Waals surface area contributed by atoms with E-state index in [1.807, 2.05) is 6.07 Å². The first-order valence-electron chi connectivity index (χ1n) is 10.2. The second-order valence-corrected chi connectivity index (χ2v) is 8.01. The zero-order chi connectivity index (χ0) is 20.2. The third-order valence-corrected chi connectivity index (χ3v) is 6.10. The maximum absolute atomic E-state index is 14.0. The van der Waals surface area contributed by atoms with Crippen molar-refractivity contribution in [3.63, 3.8) is 0 Å². The molecule has 6 rings (SSSR count). The molecule has 0 unspecified atom stereocenters. The molecule has 3 nitrogen and oxygen atoms in total. The molecule has 0 radical (unpaired) electrons. The van der Waals surface area contributed by atoms with Crippen LogP contribution in [0.2, 0.25) is 0 Å². The quantitative estimate of drug-likeness (QED) is 0.350. The fourth-order valence-electron chi connectivity index (χ4n) is 4.64. The van der Waals surface area contributed by atoms with Gasteiger partial charge in [0.15, 0.2) is 0 Å². The largest absolute Gasteiger partial charge is 0.353 e. The van der Waals surface area contributed by atoms with Crippen LogP contribution in [0.5, 0.6) is 0 Å². The Balaban J connectivity index is 1.67. The number of aromatic amines is 2. The molecule has 5 heteroatoms. The molecule has 3 aromatic carbocycles. The summed E-state index contributed by atoms with van der Waals surface area (Å²) in [6, 6.07) is 11.5. The van der Waals surface area contributed by atoms with Gasteiger partial charge in [-0.15, -0.1) is 0 Å². The predicted octanol–water partition coefficient (Wildman–Crippen LogP) is 5.68. The summed E-state index contributed by atoms with van der Waals surface area (Å²) in [5.41, 5.74) is 4.32. The molecule has 1 aliphatic heterocycles. The number of nitrogens with zero attached hydrogens (tertiary/aromatic N) is 1. The molecule has 0 bridgehead atoms. The van der Waals surface area contributed by atoms with Gasteiger partial charge in [0.1, 0.15) is 11.6 Å². The first kappa shape index (κ1) is 17.5. The third kappa shape index (κ3) is 2.68. The van der Waals surface area contributed by atoms with E-state index in [-0.39, 0.29) is 11.6 Å². The van der Waals surface area contributed by atoms with E-state index in [1.54, 1.807) is 12.1 Å². The molecule has 1 saturated heterocycles. The van der Waals surface area contributed by atoms with Gasteiger partial charge in [0.2, 0.25) is 0 Å². The molecule has 1 aliphatic rings. The van der Waals surface area contributed by atoms with E-state index in [1.165, 1.54) is 37.1 Å². The smallest absolute Gasteiger partial charge is 0.123 e. The lowest BCUT2D eigenvalue weighted by Crippen LogP contribution is -2.18. The molecule has 1 fully saturated rings. The lowest BCUT2D eigenvalue weighted by molar-refractivity contribution is 0.383. The minimum absolute atomic E-state index is 0.282. The van der Waals surface area contributed by atoms with Gasteiger partial charge in [-0.05, 0) is 68.4 Å². The minimum atomic E-state index is -0.282. The SMILES string of the molecule is Fc1ccc2[nH]c3c(C#CCN4CCCC4)c4[nH]c5ccc(F)cc5c4cc3c2c1. The molecule has 2 N–H and O–H groups in total. The Kier molecular flexibility index (Phi) is 3.84. The van der Waals surface area contributed by atoms with Crippen LogP contribution in [0.4, 0.5) is 8.78 Å². The number of nitrogens with one attached hydrogen (secondary N) is 2. The van der Waals surface area contributed by atoms with E-state index in [0.29, 0.717) is 0 Å². The van der Waals surface area contributed by atoms with Gasteiger partial charge in [0.05, 0.1) is 23.1 Å². The zero-order valence-corrected chi connectivity index (χ0v) is 16.3. The lowest BCUT2D eigenvalue weighted by atomic mass is 10.0. The highest BCUT2D eigenvalue weighted by atomic mass is 19.1. The normalized spacial score (nSPS) is 14.9. The summed E-state index contributed by atoms with van der Waals surface area (Å²) >= 11 is 0. The van der Waals surface area contributed by atoms with Gasteiger partial charge in [0.25, 0.3) is 0 Å². The second kappa shape index (κ2) is 6.58. The van der Waals surface area contributed by atoms with Gasteiger partial charge in [0, 0.05) is 32.6 Å². The van der Waals surface area contributed by atoms with Crippen molar-refractivity contribution in [2.45, 2.75) is 12.8 Å². The number of H-pyrrole nitrogens is 2. The number of rotatable bonds is 1. The van der Waals surface area contributed by atoms with E-state index < -0.39 is 0 Å². The summed E-state index contributed by atoms with van der Waals surface area (Å²) in [7, 11) is 0. The average molecular weight is 399 g/mol. The number of hydrogen-bond donors (Lipinski definition) is 2. The maximum atomic E-state index is 14.0. The lowest BCUT2D eigenvalue weighted by Gasteiger charge is -2.08. The molecule has 0 spiro atoms. The van der Waals surface area contributed by atoms with Crippen LogP contribution in [0, 0.1) is 23.5 Å². The molecule has 0 atom stereocenters. The number of benzene rings is 3. The van der Waals surface area contributed by atoms with Crippen LogP contribution in [-0.2, 0) is 0 Å². The Morgan fingerprint density at radius 2 is 1.33 bits per heavy atom. The van der Waals surface area contributed by atoms with E-state index in [4.69, 9.17) is 0 Å². The van der Waals surface area contributed by atoms with E-state index >= 15 is 0 Å². The molecule has 30 heavy (non-hydrogen) atoms. The highest BCUT2D eigenvalue weighted by Gasteiger charge is 2.16. The van der Waals surface area contributed by atoms with Crippen molar-refractivity contribution in [1.29, 1.82) is 0 Å². The summed E-state index contributed by atoms with van der Waals surface area (Å²) in [5, 5.41) is 3.40. The summed E-state index contributed by atoms with van der Waals surface area (Å²) in [6.45, 7) is 2.90. The second-order valence-electron chi connectivity index (χ2n) is 8.01.